The van der Waals surface area contributed by atoms with Gasteiger partial charge in [0.05, 0.1) is 12.8 Å². The predicted molar refractivity (Wildman–Crippen MR) is 81.7 cm³/mol. The van der Waals surface area contributed by atoms with Gasteiger partial charge < -0.3 is 10.1 Å². The van der Waals surface area contributed by atoms with Gasteiger partial charge in [0.1, 0.15) is 4.90 Å². The molecule has 0 radical (unpaired) electrons. The lowest BCUT2D eigenvalue weighted by Crippen LogP contribution is -2.33. The molecule has 1 rings (SSSR count). The van der Waals surface area contributed by atoms with E-state index >= 15 is 0 Å². The lowest BCUT2D eigenvalue weighted by Gasteiger charge is -2.18. The van der Waals surface area contributed by atoms with Gasteiger partial charge in [-0.05, 0) is 19.5 Å². The Morgan fingerprint density at radius 2 is 2.19 bits per heavy atom. The van der Waals surface area contributed by atoms with Crippen LogP contribution in [0.4, 0.5) is 0 Å². The van der Waals surface area contributed by atoms with Crippen LogP contribution in [0.5, 0.6) is 0 Å². The first-order valence-electron chi connectivity index (χ1n) is 7.28. The van der Waals surface area contributed by atoms with Gasteiger partial charge in [0.2, 0.25) is 10.0 Å². The van der Waals surface area contributed by atoms with Crippen LogP contribution >= 0.6 is 0 Å². The normalized spacial score (nSPS) is 12.2. The van der Waals surface area contributed by atoms with Crippen molar-refractivity contribution >= 4 is 10.0 Å². The van der Waals surface area contributed by atoms with Gasteiger partial charge in [0, 0.05) is 32.9 Å². The number of ether oxygens (including phenoxy) is 1. The monoisotopic (exact) mass is 318 g/mol. The van der Waals surface area contributed by atoms with Gasteiger partial charge in [-0.1, -0.05) is 13.8 Å². The predicted octanol–water partition coefficient (Wildman–Crippen LogP) is 0.540. The minimum atomic E-state index is -3.48. The molecule has 1 aromatic rings. The number of nitrogens with one attached hydrogen (secondary N) is 1. The first-order chi connectivity index (χ1) is 10.1. The minimum absolute atomic E-state index is 0.240. The van der Waals surface area contributed by atoms with Crippen LogP contribution in [0, 0.1) is 0 Å². The van der Waals surface area contributed by atoms with E-state index in [2.05, 4.69) is 17.3 Å². The van der Waals surface area contributed by atoms with Crippen molar-refractivity contribution in [1.82, 2.24) is 19.4 Å². The fourth-order valence-electron chi connectivity index (χ4n) is 1.93. The molecule has 7 nitrogen and oxygen atoms in total. The fraction of sp³-hybridized carbons (Fsp3) is 0.769. The van der Waals surface area contributed by atoms with Crippen LogP contribution in [0.2, 0.25) is 0 Å². The number of aromatic nitrogens is 2. The number of likely N-dealkylation sites (N-methyl/N-ethyl adjacent to an activating group) is 1. The Morgan fingerprint density at radius 3 is 2.81 bits per heavy atom. The highest BCUT2D eigenvalue weighted by molar-refractivity contribution is 7.89. The Balaban J connectivity index is 2.68. The Kier molecular flexibility index (Phi) is 7.87. The van der Waals surface area contributed by atoms with Crippen molar-refractivity contribution in [3.63, 3.8) is 0 Å². The number of methoxy groups -OCH3 is 1. The summed E-state index contributed by atoms with van der Waals surface area (Å²) in [6.07, 6.45) is 3.92. The van der Waals surface area contributed by atoms with Crippen molar-refractivity contribution in [3.8, 4) is 0 Å². The lowest BCUT2D eigenvalue weighted by atomic mass is 10.4. The molecule has 122 valence electrons. The van der Waals surface area contributed by atoms with Crippen LogP contribution in [0.1, 0.15) is 20.3 Å². The molecule has 0 aromatic carbocycles. The molecule has 0 unspecified atom stereocenters. The van der Waals surface area contributed by atoms with Crippen LogP contribution in [-0.4, -0.2) is 62.4 Å². The van der Waals surface area contributed by atoms with Gasteiger partial charge >= 0.3 is 0 Å². The maximum atomic E-state index is 12.5. The standard InChI is InChI=1S/C13H26N4O3S/c1-4-14-7-6-8-16-12-13(11-15-16)21(18,19)17(5-2)9-10-20-3/h11-12,14H,4-10H2,1-3H3. The highest BCUT2D eigenvalue weighted by Gasteiger charge is 2.24. The first kappa shape index (κ1) is 18.1. The number of rotatable bonds is 11. The Labute approximate surface area is 127 Å². The van der Waals surface area contributed by atoms with Crippen LogP contribution in [-0.2, 0) is 21.3 Å². The molecule has 0 atom stereocenters. The molecule has 21 heavy (non-hydrogen) atoms. The molecular formula is C13H26N4O3S. The SMILES string of the molecule is CCNCCCn1cc(S(=O)(=O)N(CC)CCOC)cn1. The van der Waals surface area contributed by atoms with Crippen molar-refractivity contribution < 1.29 is 13.2 Å². The molecule has 0 saturated carbocycles. The third-order valence-corrected chi connectivity index (χ3v) is 5.06. The summed E-state index contributed by atoms with van der Waals surface area (Å²) in [6, 6.07) is 0. The number of hydrogen-bond acceptors (Lipinski definition) is 5. The summed E-state index contributed by atoms with van der Waals surface area (Å²) in [4.78, 5) is 0.240. The van der Waals surface area contributed by atoms with Crippen molar-refractivity contribution in [2.75, 3.05) is 39.9 Å². The third-order valence-electron chi connectivity index (χ3n) is 3.14. The average Bonchev–Trinajstić information content (AvgIpc) is 2.94. The molecule has 0 amide bonds. The van der Waals surface area contributed by atoms with Gasteiger partial charge in [-0.25, -0.2) is 8.42 Å². The van der Waals surface area contributed by atoms with Crippen LogP contribution in [0.3, 0.4) is 0 Å². The van der Waals surface area contributed by atoms with E-state index in [0.29, 0.717) is 26.2 Å². The number of sulfonamides is 1. The van der Waals surface area contributed by atoms with E-state index in [1.165, 1.54) is 10.5 Å². The van der Waals surface area contributed by atoms with Crippen LogP contribution in [0.25, 0.3) is 0 Å². The Morgan fingerprint density at radius 1 is 1.43 bits per heavy atom. The molecule has 8 heteroatoms. The summed E-state index contributed by atoms with van der Waals surface area (Å²) in [6.45, 7) is 7.54. The second kappa shape index (κ2) is 9.14. The number of nitrogens with zero attached hydrogens (tertiary/aromatic N) is 3. The van der Waals surface area contributed by atoms with Crippen molar-refractivity contribution in [2.45, 2.75) is 31.7 Å². The second-order valence-corrected chi connectivity index (χ2v) is 6.57. The van der Waals surface area contributed by atoms with E-state index in [0.717, 1.165) is 19.5 Å². The molecule has 1 aromatic heterocycles. The van der Waals surface area contributed by atoms with Crippen molar-refractivity contribution in [3.05, 3.63) is 12.4 Å². The minimum Gasteiger partial charge on any atom is -0.383 e. The molecule has 1 heterocycles. The maximum absolute atomic E-state index is 12.5. The first-order valence-corrected chi connectivity index (χ1v) is 8.72. The van der Waals surface area contributed by atoms with E-state index < -0.39 is 10.0 Å². The zero-order valence-corrected chi connectivity index (χ0v) is 13.9. The molecule has 0 aliphatic heterocycles. The average molecular weight is 318 g/mol. The van der Waals surface area contributed by atoms with Crippen LogP contribution < -0.4 is 5.32 Å². The highest BCUT2D eigenvalue weighted by atomic mass is 32.2. The van der Waals surface area contributed by atoms with E-state index in [4.69, 9.17) is 4.74 Å². The molecule has 0 aliphatic rings. The quantitative estimate of drug-likeness (QED) is 0.603. The third kappa shape index (κ3) is 5.39. The summed E-state index contributed by atoms with van der Waals surface area (Å²) in [7, 11) is -1.93. The largest absolute Gasteiger partial charge is 0.383 e. The maximum Gasteiger partial charge on any atom is 0.246 e. The lowest BCUT2D eigenvalue weighted by molar-refractivity contribution is 0.180. The molecular weight excluding hydrogens is 292 g/mol. The van der Waals surface area contributed by atoms with Gasteiger partial charge in [0.15, 0.2) is 0 Å². The van der Waals surface area contributed by atoms with E-state index in [1.54, 1.807) is 18.0 Å². The zero-order valence-electron chi connectivity index (χ0n) is 13.1. The summed E-state index contributed by atoms with van der Waals surface area (Å²) in [5.74, 6) is 0. The van der Waals surface area contributed by atoms with E-state index in [1.807, 2.05) is 6.92 Å². The van der Waals surface area contributed by atoms with Gasteiger partial charge in [-0.15, -0.1) is 0 Å². The fourth-order valence-corrected chi connectivity index (χ4v) is 3.32. The van der Waals surface area contributed by atoms with Gasteiger partial charge in [-0.2, -0.15) is 9.40 Å². The topological polar surface area (TPSA) is 76.5 Å². The molecule has 0 spiro atoms. The smallest absolute Gasteiger partial charge is 0.246 e. The number of aryl methyl sites for hydroxylation is 1. The van der Waals surface area contributed by atoms with E-state index in [9.17, 15) is 8.42 Å². The van der Waals surface area contributed by atoms with Crippen LogP contribution in [0.15, 0.2) is 17.3 Å². The molecule has 0 saturated heterocycles. The molecule has 1 N–H and O–H groups in total. The second-order valence-electron chi connectivity index (χ2n) is 4.64. The van der Waals surface area contributed by atoms with E-state index in [-0.39, 0.29) is 4.90 Å². The van der Waals surface area contributed by atoms with Crippen molar-refractivity contribution in [1.29, 1.82) is 0 Å². The summed E-state index contributed by atoms with van der Waals surface area (Å²) in [5.41, 5.74) is 0. The molecule has 0 aliphatic carbocycles. The van der Waals surface area contributed by atoms with Gasteiger partial charge in [0.25, 0.3) is 0 Å². The Bertz CT molecular complexity index is 501. The summed E-state index contributed by atoms with van der Waals surface area (Å²) < 4.78 is 33.0. The Hall–Kier alpha value is -0.960. The summed E-state index contributed by atoms with van der Waals surface area (Å²) in [5, 5.41) is 7.35. The number of hydrogen-bond donors (Lipinski definition) is 1. The highest BCUT2D eigenvalue weighted by Crippen LogP contribution is 2.14. The summed E-state index contributed by atoms with van der Waals surface area (Å²) >= 11 is 0. The molecule has 0 fully saturated rings. The van der Waals surface area contributed by atoms with Crippen molar-refractivity contribution in [2.24, 2.45) is 0 Å². The molecule has 0 bridgehead atoms. The van der Waals surface area contributed by atoms with Gasteiger partial charge in [-0.3, -0.25) is 4.68 Å². The zero-order chi connectivity index (χ0) is 15.7.